The van der Waals surface area contributed by atoms with E-state index in [2.05, 4.69) is 26.1 Å². The SMILES string of the molecule is COc1ccc(C2CC(C(=O)Nc3nc(-c4ccncc4)cs3)NN2)cc1OC. The summed E-state index contributed by atoms with van der Waals surface area (Å²) in [6, 6.07) is 9.12. The highest BCUT2D eigenvalue weighted by Crippen LogP contribution is 2.32. The lowest BCUT2D eigenvalue weighted by Gasteiger charge is -2.13. The summed E-state index contributed by atoms with van der Waals surface area (Å²) in [5.74, 6) is 1.20. The normalized spacial score (nSPS) is 18.4. The molecule has 1 amide bonds. The number of hydrogen-bond donors (Lipinski definition) is 3. The molecular formula is C20H21N5O3S. The summed E-state index contributed by atoms with van der Waals surface area (Å²) < 4.78 is 10.6. The van der Waals surface area contributed by atoms with Gasteiger partial charge in [-0.1, -0.05) is 6.07 Å². The van der Waals surface area contributed by atoms with Gasteiger partial charge in [0.25, 0.3) is 0 Å². The first-order valence-corrected chi connectivity index (χ1v) is 9.95. The molecule has 0 bridgehead atoms. The number of carbonyl (C=O) groups excluding carboxylic acids is 1. The van der Waals surface area contributed by atoms with Crippen LogP contribution in [-0.2, 0) is 4.79 Å². The van der Waals surface area contributed by atoms with E-state index in [4.69, 9.17) is 9.47 Å². The lowest BCUT2D eigenvalue weighted by molar-refractivity contribution is -0.117. The van der Waals surface area contributed by atoms with Crippen LogP contribution in [0.5, 0.6) is 11.5 Å². The van der Waals surface area contributed by atoms with Crippen LogP contribution in [0, 0.1) is 0 Å². The van der Waals surface area contributed by atoms with E-state index in [1.165, 1.54) is 11.3 Å². The number of nitrogens with zero attached hydrogens (tertiary/aromatic N) is 2. The molecule has 1 saturated heterocycles. The summed E-state index contributed by atoms with van der Waals surface area (Å²) in [6.07, 6.45) is 4.04. The Morgan fingerprint density at radius 1 is 1.14 bits per heavy atom. The molecule has 2 atom stereocenters. The Hall–Kier alpha value is -3.01. The van der Waals surface area contributed by atoms with Crippen LogP contribution in [0.25, 0.3) is 11.3 Å². The molecule has 0 spiro atoms. The number of anilines is 1. The molecule has 8 nitrogen and oxygen atoms in total. The fourth-order valence-corrected chi connectivity index (χ4v) is 3.92. The fraction of sp³-hybridized carbons (Fsp3) is 0.250. The van der Waals surface area contributed by atoms with E-state index in [0.717, 1.165) is 16.8 Å². The standard InChI is InChI=1S/C20H21N5O3S/c1-27-17-4-3-13(9-18(17)28-2)14-10-15(25-24-14)19(26)23-20-22-16(11-29-20)12-5-7-21-8-6-12/h3-9,11,14-15,24-25H,10H2,1-2H3,(H,22,23,26). The fourth-order valence-electron chi connectivity index (χ4n) is 3.20. The van der Waals surface area contributed by atoms with Crippen LogP contribution < -0.4 is 25.6 Å². The highest BCUT2D eigenvalue weighted by atomic mass is 32.1. The van der Waals surface area contributed by atoms with Crippen molar-refractivity contribution in [2.75, 3.05) is 19.5 Å². The predicted octanol–water partition coefficient (Wildman–Crippen LogP) is 2.77. The minimum absolute atomic E-state index is 0.0192. The van der Waals surface area contributed by atoms with Crippen LogP contribution in [0.3, 0.4) is 0 Å². The smallest absolute Gasteiger partial charge is 0.244 e. The van der Waals surface area contributed by atoms with Crippen LogP contribution in [0.15, 0.2) is 48.1 Å². The van der Waals surface area contributed by atoms with Crippen LogP contribution in [-0.4, -0.2) is 36.1 Å². The van der Waals surface area contributed by atoms with Crippen molar-refractivity contribution in [1.29, 1.82) is 0 Å². The second kappa shape index (κ2) is 8.56. The summed E-state index contributed by atoms with van der Waals surface area (Å²) in [5.41, 5.74) is 9.03. The molecule has 0 aliphatic carbocycles. The van der Waals surface area contributed by atoms with E-state index in [1.54, 1.807) is 26.6 Å². The summed E-state index contributed by atoms with van der Waals surface area (Å²) >= 11 is 1.40. The molecule has 150 valence electrons. The average Bonchev–Trinajstić information content (AvgIpc) is 3.44. The molecule has 1 aromatic carbocycles. The summed E-state index contributed by atoms with van der Waals surface area (Å²) in [5, 5.41) is 5.37. The molecule has 0 radical (unpaired) electrons. The third-order valence-electron chi connectivity index (χ3n) is 4.74. The minimum atomic E-state index is -0.374. The number of pyridine rings is 1. The Bertz CT molecular complexity index is 995. The first-order chi connectivity index (χ1) is 14.2. The number of hydrogen-bond acceptors (Lipinski definition) is 8. The molecular weight excluding hydrogens is 390 g/mol. The van der Waals surface area contributed by atoms with Crippen LogP contribution in [0.4, 0.5) is 5.13 Å². The highest BCUT2D eigenvalue weighted by Gasteiger charge is 2.31. The van der Waals surface area contributed by atoms with E-state index in [1.807, 2.05) is 35.7 Å². The Morgan fingerprint density at radius 3 is 2.69 bits per heavy atom. The first kappa shape index (κ1) is 19.3. The van der Waals surface area contributed by atoms with Gasteiger partial charge in [0.05, 0.1) is 19.9 Å². The Kier molecular flexibility index (Phi) is 5.70. The highest BCUT2D eigenvalue weighted by molar-refractivity contribution is 7.14. The number of carbonyl (C=O) groups is 1. The number of ether oxygens (including phenoxy) is 2. The van der Waals surface area contributed by atoms with Crippen molar-refractivity contribution in [3.8, 4) is 22.8 Å². The largest absolute Gasteiger partial charge is 0.493 e. The van der Waals surface area contributed by atoms with Gasteiger partial charge in [0.1, 0.15) is 6.04 Å². The Morgan fingerprint density at radius 2 is 1.93 bits per heavy atom. The number of aromatic nitrogens is 2. The molecule has 1 aliphatic rings. The molecule has 3 N–H and O–H groups in total. The lowest BCUT2D eigenvalue weighted by Crippen LogP contribution is -2.39. The number of hydrazine groups is 1. The number of benzene rings is 1. The number of nitrogens with one attached hydrogen (secondary N) is 3. The average molecular weight is 411 g/mol. The number of rotatable bonds is 6. The zero-order valence-corrected chi connectivity index (χ0v) is 16.8. The lowest BCUT2D eigenvalue weighted by atomic mass is 10.0. The van der Waals surface area contributed by atoms with Crippen LogP contribution in [0.2, 0.25) is 0 Å². The van der Waals surface area contributed by atoms with Gasteiger partial charge in [0.15, 0.2) is 16.6 Å². The quantitative estimate of drug-likeness (QED) is 0.574. The van der Waals surface area contributed by atoms with Gasteiger partial charge in [-0.3, -0.25) is 9.78 Å². The maximum absolute atomic E-state index is 12.7. The van der Waals surface area contributed by atoms with Crippen molar-refractivity contribution in [3.63, 3.8) is 0 Å². The van der Waals surface area contributed by atoms with Crippen molar-refractivity contribution in [3.05, 3.63) is 53.7 Å². The van der Waals surface area contributed by atoms with Crippen molar-refractivity contribution in [2.24, 2.45) is 0 Å². The second-order valence-corrected chi connectivity index (χ2v) is 7.37. The van der Waals surface area contributed by atoms with Gasteiger partial charge in [-0.05, 0) is 36.2 Å². The van der Waals surface area contributed by atoms with Crippen molar-refractivity contribution < 1.29 is 14.3 Å². The van der Waals surface area contributed by atoms with E-state index in [9.17, 15) is 4.79 Å². The third-order valence-corrected chi connectivity index (χ3v) is 5.50. The number of amides is 1. The predicted molar refractivity (Wildman–Crippen MR) is 111 cm³/mol. The second-order valence-electron chi connectivity index (χ2n) is 6.51. The molecule has 3 heterocycles. The first-order valence-electron chi connectivity index (χ1n) is 9.07. The summed E-state index contributed by atoms with van der Waals surface area (Å²) in [7, 11) is 3.21. The molecule has 2 unspecified atom stereocenters. The number of methoxy groups -OCH3 is 2. The molecule has 3 aromatic rings. The molecule has 9 heteroatoms. The van der Waals surface area contributed by atoms with Gasteiger partial charge in [0, 0.05) is 29.4 Å². The van der Waals surface area contributed by atoms with Gasteiger partial charge in [0.2, 0.25) is 5.91 Å². The molecule has 0 saturated carbocycles. The number of thiazole rings is 1. The van der Waals surface area contributed by atoms with Gasteiger partial charge in [-0.25, -0.2) is 15.8 Å². The van der Waals surface area contributed by atoms with E-state index < -0.39 is 0 Å². The summed E-state index contributed by atoms with van der Waals surface area (Å²) in [6.45, 7) is 0. The third kappa shape index (κ3) is 4.21. The van der Waals surface area contributed by atoms with Gasteiger partial charge >= 0.3 is 0 Å². The van der Waals surface area contributed by atoms with E-state index in [0.29, 0.717) is 23.1 Å². The maximum atomic E-state index is 12.7. The van der Waals surface area contributed by atoms with E-state index in [-0.39, 0.29) is 18.0 Å². The topological polar surface area (TPSA) is 97.4 Å². The van der Waals surface area contributed by atoms with Crippen molar-refractivity contribution in [1.82, 2.24) is 20.8 Å². The molecule has 2 aromatic heterocycles. The monoisotopic (exact) mass is 411 g/mol. The molecule has 29 heavy (non-hydrogen) atoms. The molecule has 4 rings (SSSR count). The van der Waals surface area contributed by atoms with Crippen LogP contribution >= 0.6 is 11.3 Å². The van der Waals surface area contributed by atoms with Gasteiger partial charge < -0.3 is 14.8 Å². The maximum Gasteiger partial charge on any atom is 0.244 e. The summed E-state index contributed by atoms with van der Waals surface area (Å²) in [4.78, 5) is 21.2. The zero-order valence-electron chi connectivity index (χ0n) is 16.0. The van der Waals surface area contributed by atoms with E-state index >= 15 is 0 Å². The minimum Gasteiger partial charge on any atom is -0.493 e. The van der Waals surface area contributed by atoms with Crippen molar-refractivity contribution >= 4 is 22.4 Å². The van der Waals surface area contributed by atoms with Gasteiger partial charge in [-0.15, -0.1) is 11.3 Å². The van der Waals surface area contributed by atoms with Crippen molar-refractivity contribution in [2.45, 2.75) is 18.5 Å². The Labute approximate surface area is 172 Å². The zero-order chi connectivity index (χ0) is 20.2. The molecule has 1 aliphatic heterocycles. The Balaban J connectivity index is 1.39. The van der Waals surface area contributed by atoms with Gasteiger partial charge in [-0.2, -0.15) is 0 Å². The van der Waals surface area contributed by atoms with Crippen LogP contribution in [0.1, 0.15) is 18.0 Å². The molecule has 1 fully saturated rings.